The van der Waals surface area contributed by atoms with Crippen molar-refractivity contribution in [1.82, 2.24) is 10.2 Å². The van der Waals surface area contributed by atoms with Gasteiger partial charge in [0.1, 0.15) is 5.60 Å². The number of carbonyl (C=O) groups excluding carboxylic acids is 2. The van der Waals surface area contributed by atoms with Crippen molar-refractivity contribution in [2.45, 2.75) is 64.4 Å². The molecule has 0 aromatic carbocycles. The molecule has 25 heavy (non-hydrogen) atoms. The van der Waals surface area contributed by atoms with E-state index in [4.69, 9.17) is 4.74 Å². The van der Waals surface area contributed by atoms with Crippen LogP contribution in [0.2, 0.25) is 0 Å². The van der Waals surface area contributed by atoms with Crippen LogP contribution in [0.3, 0.4) is 0 Å². The molecular formula is C20H30N2O3. The van der Waals surface area contributed by atoms with E-state index in [1.807, 2.05) is 0 Å². The van der Waals surface area contributed by atoms with Crippen molar-refractivity contribution in [2.75, 3.05) is 26.2 Å². The average molecular weight is 346 g/mol. The Morgan fingerprint density at radius 1 is 1.32 bits per heavy atom. The molecule has 1 fully saturated rings. The molecule has 1 spiro atoms. The molecule has 5 heteroatoms. The van der Waals surface area contributed by atoms with Crippen LogP contribution in [0.5, 0.6) is 0 Å². The summed E-state index contributed by atoms with van der Waals surface area (Å²) in [5.41, 5.74) is 1.80. The third kappa shape index (κ3) is 3.81. The van der Waals surface area contributed by atoms with Gasteiger partial charge in [-0.2, -0.15) is 0 Å². The van der Waals surface area contributed by atoms with Gasteiger partial charge in [0.05, 0.1) is 5.57 Å². The molecule has 1 aliphatic carbocycles. The molecule has 138 valence electrons. The molecule has 1 amide bonds. The number of hydrogen-bond donors (Lipinski definition) is 1. The molecule has 3 rings (SSSR count). The average Bonchev–Trinajstić information content (AvgIpc) is 2.86. The second-order valence-electron chi connectivity index (χ2n) is 7.43. The lowest BCUT2D eigenvalue weighted by Crippen LogP contribution is -2.48. The number of likely N-dealkylation sites (tertiary alicyclic amines) is 1. The molecule has 0 unspecified atom stereocenters. The number of carbonyl (C=O) groups is 2. The summed E-state index contributed by atoms with van der Waals surface area (Å²) in [6, 6.07) is 0. The summed E-state index contributed by atoms with van der Waals surface area (Å²) >= 11 is 0. The SMILES string of the molecule is CCN1CCC2(CC1)OC(=O)C(C)=C2C(=O)NCCC1=CCCCC1. The van der Waals surface area contributed by atoms with Crippen molar-refractivity contribution in [3.63, 3.8) is 0 Å². The van der Waals surface area contributed by atoms with Gasteiger partial charge in [0, 0.05) is 38.0 Å². The van der Waals surface area contributed by atoms with Gasteiger partial charge in [0.15, 0.2) is 0 Å². The third-order valence-electron chi connectivity index (χ3n) is 5.88. The Morgan fingerprint density at radius 2 is 2.08 bits per heavy atom. The van der Waals surface area contributed by atoms with Crippen molar-refractivity contribution in [3.05, 3.63) is 22.8 Å². The molecule has 0 aromatic heterocycles. The van der Waals surface area contributed by atoms with Crippen LogP contribution in [0.15, 0.2) is 22.8 Å². The lowest BCUT2D eigenvalue weighted by Gasteiger charge is -2.39. The predicted octanol–water partition coefficient (Wildman–Crippen LogP) is 2.72. The minimum Gasteiger partial charge on any atom is -0.450 e. The van der Waals surface area contributed by atoms with Gasteiger partial charge < -0.3 is 15.0 Å². The van der Waals surface area contributed by atoms with Crippen LogP contribution in [0.4, 0.5) is 0 Å². The first-order valence-corrected chi connectivity index (χ1v) is 9.69. The standard InChI is InChI=1S/C20H30N2O3/c1-3-22-13-10-20(11-14-22)17(15(2)19(24)25-20)18(23)21-12-9-16-7-5-4-6-8-16/h7H,3-6,8-14H2,1-2H3,(H,21,23). The fourth-order valence-electron chi connectivity index (χ4n) is 4.27. The number of piperidine rings is 1. The molecule has 0 bridgehead atoms. The van der Waals surface area contributed by atoms with Crippen LogP contribution >= 0.6 is 0 Å². The number of ether oxygens (including phenoxy) is 1. The molecular weight excluding hydrogens is 316 g/mol. The molecule has 0 saturated carbocycles. The number of rotatable bonds is 5. The fraction of sp³-hybridized carbons (Fsp3) is 0.700. The monoisotopic (exact) mass is 346 g/mol. The zero-order valence-corrected chi connectivity index (χ0v) is 15.5. The Bertz CT molecular complexity index is 598. The summed E-state index contributed by atoms with van der Waals surface area (Å²) in [6.45, 7) is 7.20. The largest absolute Gasteiger partial charge is 0.450 e. The fourth-order valence-corrected chi connectivity index (χ4v) is 4.27. The summed E-state index contributed by atoms with van der Waals surface area (Å²) in [6.07, 6.45) is 9.47. The Balaban J connectivity index is 1.64. The van der Waals surface area contributed by atoms with Gasteiger partial charge in [-0.25, -0.2) is 4.79 Å². The molecule has 2 aliphatic heterocycles. The topological polar surface area (TPSA) is 58.6 Å². The number of amides is 1. The van der Waals surface area contributed by atoms with Crippen molar-refractivity contribution < 1.29 is 14.3 Å². The van der Waals surface area contributed by atoms with E-state index in [0.29, 0.717) is 30.5 Å². The first-order valence-electron chi connectivity index (χ1n) is 9.69. The summed E-state index contributed by atoms with van der Waals surface area (Å²) in [5.74, 6) is -0.449. The van der Waals surface area contributed by atoms with Crippen LogP contribution in [-0.2, 0) is 14.3 Å². The Labute approximate surface area is 150 Å². The predicted molar refractivity (Wildman–Crippen MR) is 97.0 cm³/mol. The lowest BCUT2D eigenvalue weighted by molar-refractivity contribution is -0.150. The maximum absolute atomic E-state index is 12.8. The van der Waals surface area contributed by atoms with Gasteiger partial charge in [0.25, 0.3) is 5.91 Å². The van der Waals surface area contributed by atoms with Gasteiger partial charge >= 0.3 is 5.97 Å². The number of esters is 1. The van der Waals surface area contributed by atoms with Gasteiger partial charge in [-0.15, -0.1) is 0 Å². The molecule has 2 heterocycles. The second-order valence-corrected chi connectivity index (χ2v) is 7.43. The highest BCUT2D eigenvalue weighted by molar-refractivity contribution is 6.07. The molecule has 1 saturated heterocycles. The summed E-state index contributed by atoms with van der Waals surface area (Å²) < 4.78 is 5.71. The quantitative estimate of drug-likeness (QED) is 0.614. The van der Waals surface area contributed by atoms with Crippen molar-refractivity contribution in [2.24, 2.45) is 0 Å². The Hall–Kier alpha value is -1.62. The Morgan fingerprint density at radius 3 is 2.72 bits per heavy atom. The van der Waals surface area contributed by atoms with E-state index in [9.17, 15) is 9.59 Å². The van der Waals surface area contributed by atoms with Crippen LogP contribution in [-0.4, -0.2) is 48.6 Å². The van der Waals surface area contributed by atoms with Crippen LogP contribution in [0, 0.1) is 0 Å². The van der Waals surface area contributed by atoms with E-state index in [2.05, 4.69) is 23.2 Å². The molecule has 0 atom stereocenters. The lowest BCUT2D eigenvalue weighted by atomic mass is 9.82. The van der Waals surface area contributed by atoms with Gasteiger partial charge in [-0.3, -0.25) is 4.79 Å². The smallest absolute Gasteiger partial charge is 0.335 e. The number of hydrogen-bond acceptors (Lipinski definition) is 4. The van der Waals surface area contributed by atoms with Gasteiger partial charge in [0.2, 0.25) is 0 Å². The van der Waals surface area contributed by atoms with E-state index in [1.165, 1.54) is 18.4 Å². The molecule has 3 aliphatic rings. The minimum atomic E-state index is -0.707. The van der Waals surface area contributed by atoms with Crippen molar-refractivity contribution in [3.8, 4) is 0 Å². The highest BCUT2D eigenvalue weighted by Gasteiger charge is 2.50. The van der Waals surface area contributed by atoms with Crippen LogP contribution in [0.1, 0.15) is 58.8 Å². The maximum Gasteiger partial charge on any atom is 0.335 e. The van der Waals surface area contributed by atoms with E-state index < -0.39 is 5.60 Å². The first kappa shape index (κ1) is 18.2. The molecule has 5 nitrogen and oxygen atoms in total. The normalized spacial score (nSPS) is 23.6. The van der Waals surface area contributed by atoms with Gasteiger partial charge in [-0.1, -0.05) is 18.6 Å². The summed E-state index contributed by atoms with van der Waals surface area (Å²) in [5, 5.41) is 3.04. The minimum absolute atomic E-state index is 0.121. The highest BCUT2D eigenvalue weighted by atomic mass is 16.6. The number of nitrogens with zero attached hydrogens (tertiary/aromatic N) is 1. The van der Waals surface area contributed by atoms with Gasteiger partial charge in [-0.05, 0) is 45.6 Å². The van der Waals surface area contributed by atoms with Crippen LogP contribution in [0.25, 0.3) is 0 Å². The van der Waals surface area contributed by atoms with Crippen molar-refractivity contribution in [1.29, 1.82) is 0 Å². The van der Waals surface area contributed by atoms with E-state index >= 15 is 0 Å². The third-order valence-corrected chi connectivity index (χ3v) is 5.88. The molecule has 0 radical (unpaired) electrons. The number of allylic oxidation sites excluding steroid dienone is 1. The maximum atomic E-state index is 12.8. The second kappa shape index (κ2) is 7.73. The highest BCUT2D eigenvalue weighted by Crippen LogP contribution is 2.41. The van der Waals surface area contributed by atoms with E-state index in [0.717, 1.165) is 38.9 Å². The van der Waals surface area contributed by atoms with E-state index in [1.54, 1.807) is 6.92 Å². The first-order chi connectivity index (χ1) is 12.1. The molecule has 0 aromatic rings. The Kier molecular flexibility index (Phi) is 5.62. The van der Waals surface area contributed by atoms with E-state index in [-0.39, 0.29) is 11.9 Å². The van der Waals surface area contributed by atoms with Crippen LogP contribution < -0.4 is 5.32 Å². The summed E-state index contributed by atoms with van der Waals surface area (Å²) in [4.78, 5) is 27.3. The molecule has 1 N–H and O–H groups in total. The number of nitrogens with one attached hydrogen (secondary N) is 1. The summed E-state index contributed by atoms with van der Waals surface area (Å²) in [7, 11) is 0. The zero-order valence-electron chi connectivity index (χ0n) is 15.5. The van der Waals surface area contributed by atoms with Crippen molar-refractivity contribution >= 4 is 11.9 Å². The zero-order chi connectivity index (χ0) is 17.9.